The number of anilines is 1. The summed E-state index contributed by atoms with van der Waals surface area (Å²) in [5.74, 6) is 0.899. The van der Waals surface area contributed by atoms with Gasteiger partial charge in [-0.1, -0.05) is 36.4 Å². The van der Waals surface area contributed by atoms with Crippen LogP contribution in [0.2, 0.25) is 0 Å². The molecule has 28 heavy (non-hydrogen) atoms. The Kier molecular flexibility index (Phi) is 5.92. The first kappa shape index (κ1) is 18.6. The first-order valence-electron chi connectivity index (χ1n) is 9.57. The molecule has 1 fully saturated rings. The van der Waals surface area contributed by atoms with Crippen LogP contribution in [-0.4, -0.2) is 33.3 Å². The number of nitrogens with one attached hydrogen (secondary N) is 1. The number of carbonyl (C=O) groups excluding carboxylic acids is 1. The summed E-state index contributed by atoms with van der Waals surface area (Å²) in [4.78, 5) is 23.8. The van der Waals surface area contributed by atoms with Gasteiger partial charge in [0.1, 0.15) is 5.82 Å². The Balaban J connectivity index is 1.34. The highest BCUT2D eigenvalue weighted by atomic mass is 32.1. The molecule has 0 radical (unpaired) electrons. The number of rotatable bonds is 6. The number of piperidine rings is 1. The van der Waals surface area contributed by atoms with Crippen LogP contribution in [0.4, 0.5) is 5.13 Å². The average molecular weight is 394 g/mol. The van der Waals surface area contributed by atoms with Crippen molar-refractivity contribution in [3.63, 3.8) is 0 Å². The minimum atomic E-state index is -0.0288. The maximum Gasteiger partial charge on any atom is 0.225 e. The second-order valence-electron chi connectivity index (χ2n) is 6.98. The molecule has 0 aliphatic carbocycles. The molecule has 1 aliphatic heterocycles. The van der Waals surface area contributed by atoms with Crippen molar-refractivity contribution in [2.24, 2.45) is 5.92 Å². The third-order valence-electron chi connectivity index (χ3n) is 4.90. The van der Waals surface area contributed by atoms with Crippen LogP contribution < -0.4 is 10.2 Å². The standard InChI is InChI=1S/C21H23N5OS/c27-20(23-14-18-10-4-5-11-22-18)17-9-6-12-26(15-17)21-24-19(25-28-21)13-16-7-2-1-3-8-16/h1-5,7-8,10-11,17H,6,9,12-15H2,(H,23,27)/t17-/m0/s1. The highest BCUT2D eigenvalue weighted by Crippen LogP contribution is 2.25. The summed E-state index contributed by atoms with van der Waals surface area (Å²) in [6.07, 6.45) is 4.36. The first-order chi connectivity index (χ1) is 13.8. The molecule has 6 nitrogen and oxygen atoms in total. The smallest absolute Gasteiger partial charge is 0.225 e. The highest BCUT2D eigenvalue weighted by Gasteiger charge is 2.27. The number of nitrogens with zero attached hydrogens (tertiary/aromatic N) is 4. The maximum atomic E-state index is 12.6. The Morgan fingerprint density at radius 2 is 2.04 bits per heavy atom. The predicted molar refractivity (Wildman–Crippen MR) is 110 cm³/mol. The number of aromatic nitrogens is 3. The zero-order chi connectivity index (χ0) is 19.2. The van der Waals surface area contributed by atoms with Crippen molar-refractivity contribution in [1.82, 2.24) is 19.7 Å². The fourth-order valence-electron chi connectivity index (χ4n) is 3.41. The lowest BCUT2D eigenvalue weighted by Gasteiger charge is -2.31. The van der Waals surface area contributed by atoms with Gasteiger partial charge in [-0.3, -0.25) is 9.78 Å². The first-order valence-corrected chi connectivity index (χ1v) is 10.3. The van der Waals surface area contributed by atoms with Crippen LogP contribution in [0.3, 0.4) is 0 Å². The summed E-state index contributed by atoms with van der Waals surface area (Å²) in [6.45, 7) is 2.08. The zero-order valence-corrected chi connectivity index (χ0v) is 16.4. The molecule has 3 aromatic rings. The van der Waals surface area contributed by atoms with Gasteiger partial charge in [0.25, 0.3) is 0 Å². The van der Waals surface area contributed by atoms with Crippen molar-refractivity contribution < 1.29 is 4.79 Å². The molecule has 7 heteroatoms. The molecule has 0 bridgehead atoms. The monoisotopic (exact) mass is 393 g/mol. The van der Waals surface area contributed by atoms with E-state index >= 15 is 0 Å². The Morgan fingerprint density at radius 3 is 2.86 bits per heavy atom. The highest BCUT2D eigenvalue weighted by molar-refractivity contribution is 7.09. The third kappa shape index (κ3) is 4.72. The van der Waals surface area contributed by atoms with Gasteiger partial charge in [-0.15, -0.1) is 0 Å². The molecule has 0 spiro atoms. The number of amides is 1. The Morgan fingerprint density at radius 1 is 1.18 bits per heavy atom. The number of benzene rings is 1. The topological polar surface area (TPSA) is 71.0 Å². The maximum absolute atomic E-state index is 12.6. The van der Waals surface area contributed by atoms with Crippen LogP contribution in [0.5, 0.6) is 0 Å². The van der Waals surface area contributed by atoms with Crippen molar-refractivity contribution in [2.75, 3.05) is 18.0 Å². The summed E-state index contributed by atoms with van der Waals surface area (Å²) in [7, 11) is 0. The molecule has 1 amide bonds. The molecule has 1 saturated heterocycles. The van der Waals surface area contributed by atoms with Crippen molar-refractivity contribution >= 4 is 22.6 Å². The molecule has 1 atom stereocenters. The Labute approximate surface area is 168 Å². The normalized spacial score (nSPS) is 16.7. The molecule has 1 aliphatic rings. The van der Waals surface area contributed by atoms with E-state index in [1.54, 1.807) is 6.20 Å². The minimum absolute atomic E-state index is 0.0288. The lowest BCUT2D eigenvalue weighted by atomic mass is 9.97. The van der Waals surface area contributed by atoms with E-state index in [4.69, 9.17) is 4.98 Å². The molecule has 3 heterocycles. The summed E-state index contributed by atoms with van der Waals surface area (Å²) in [5, 5.41) is 3.93. The molecule has 144 valence electrons. The van der Waals surface area contributed by atoms with E-state index in [1.807, 2.05) is 36.4 Å². The summed E-state index contributed by atoms with van der Waals surface area (Å²) >= 11 is 1.42. The molecule has 0 unspecified atom stereocenters. The SMILES string of the molecule is O=C(NCc1ccccn1)[C@H]1CCCN(c2nc(Cc3ccccc3)ns2)C1. The van der Waals surface area contributed by atoms with Gasteiger partial charge in [0.15, 0.2) is 0 Å². The number of hydrogen-bond acceptors (Lipinski definition) is 6. The van der Waals surface area contributed by atoms with Gasteiger partial charge in [-0.25, -0.2) is 4.98 Å². The summed E-state index contributed by atoms with van der Waals surface area (Å²) in [6, 6.07) is 16.0. The van der Waals surface area contributed by atoms with E-state index in [0.717, 1.165) is 42.5 Å². The van der Waals surface area contributed by atoms with E-state index < -0.39 is 0 Å². The van der Waals surface area contributed by atoms with Gasteiger partial charge in [-0.2, -0.15) is 4.37 Å². The van der Waals surface area contributed by atoms with Crippen molar-refractivity contribution in [3.8, 4) is 0 Å². The molecule has 1 aromatic carbocycles. The van der Waals surface area contributed by atoms with E-state index in [2.05, 4.69) is 31.7 Å². The van der Waals surface area contributed by atoms with Crippen molar-refractivity contribution in [1.29, 1.82) is 0 Å². The fourth-order valence-corrected chi connectivity index (χ4v) is 4.13. The summed E-state index contributed by atoms with van der Waals surface area (Å²) in [5.41, 5.74) is 2.08. The van der Waals surface area contributed by atoms with Crippen LogP contribution in [0, 0.1) is 5.92 Å². The molecule has 4 rings (SSSR count). The average Bonchev–Trinajstić information content (AvgIpc) is 3.22. The van der Waals surface area contributed by atoms with E-state index in [0.29, 0.717) is 13.1 Å². The van der Waals surface area contributed by atoms with E-state index in [9.17, 15) is 4.79 Å². The molecule has 1 N–H and O–H groups in total. The van der Waals surface area contributed by atoms with Crippen molar-refractivity contribution in [3.05, 3.63) is 71.8 Å². The lowest BCUT2D eigenvalue weighted by molar-refractivity contribution is -0.125. The second-order valence-corrected chi connectivity index (χ2v) is 7.71. The fraction of sp³-hybridized carbons (Fsp3) is 0.333. The van der Waals surface area contributed by atoms with Crippen molar-refractivity contribution in [2.45, 2.75) is 25.8 Å². The minimum Gasteiger partial charge on any atom is -0.350 e. The number of hydrogen-bond donors (Lipinski definition) is 1. The van der Waals surface area contributed by atoms with Gasteiger partial charge in [-0.05, 0) is 30.5 Å². The molecular formula is C21H23N5OS. The largest absolute Gasteiger partial charge is 0.350 e. The third-order valence-corrected chi connectivity index (χ3v) is 5.71. The Bertz CT molecular complexity index is 899. The molecule has 0 saturated carbocycles. The van der Waals surface area contributed by atoms with Crippen LogP contribution >= 0.6 is 11.5 Å². The summed E-state index contributed by atoms with van der Waals surface area (Å²) < 4.78 is 4.51. The Hall–Kier alpha value is -2.80. The van der Waals surface area contributed by atoms with Crippen LogP contribution in [0.25, 0.3) is 0 Å². The zero-order valence-electron chi connectivity index (χ0n) is 15.6. The van der Waals surface area contributed by atoms with E-state index in [1.165, 1.54) is 17.1 Å². The van der Waals surface area contributed by atoms with Crippen LogP contribution in [0.15, 0.2) is 54.7 Å². The quantitative estimate of drug-likeness (QED) is 0.697. The van der Waals surface area contributed by atoms with Gasteiger partial charge in [0.2, 0.25) is 11.0 Å². The van der Waals surface area contributed by atoms with Crippen LogP contribution in [-0.2, 0) is 17.8 Å². The predicted octanol–water partition coefficient (Wildman–Crippen LogP) is 3.06. The molecular weight excluding hydrogens is 370 g/mol. The number of pyridine rings is 1. The van der Waals surface area contributed by atoms with E-state index in [-0.39, 0.29) is 11.8 Å². The van der Waals surface area contributed by atoms with Gasteiger partial charge in [0, 0.05) is 37.2 Å². The molecule has 2 aromatic heterocycles. The van der Waals surface area contributed by atoms with Gasteiger partial charge < -0.3 is 10.2 Å². The number of carbonyl (C=O) groups is 1. The second kappa shape index (κ2) is 8.93. The van der Waals surface area contributed by atoms with Gasteiger partial charge >= 0.3 is 0 Å². The lowest BCUT2D eigenvalue weighted by Crippen LogP contribution is -2.43. The van der Waals surface area contributed by atoms with Gasteiger partial charge in [0.05, 0.1) is 18.2 Å². The van der Waals surface area contributed by atoms with Crippen LogP contribution in [0.1, 0.15) is 29.9 Å².